The normalized spacial score (nSPS) is 33.0. The van der Waals surface area contributed by atoms with Crippen LogP contribution in [-0.2, 0) is 17.7 Å². The van der Waals surface area contributed by atoms with Gasteiger partial charge in [0.2, 0.25) is 0 Å². The third kappa shape index (κ3) is 3.20. The quantitative estimate of drug-likeness (QED) is 0.825. The van der Waals surface area contributed by atoms with Gasteiger partial charge in [0, 0.05) is 51.5 Å². The highest BCUT2D eigenvalue weighted by atomic mass is 16.5. The molecule has 4 nitrogen and oxygen atoms in total. The first-order valence-electron chi connectivity index (χ1n) is 10.1. The van der Waals surface area contributed by atoms with Crippen molar-refractivity contribution in [3.05, 3.63) is 29.3 Å². The van der Waals surface area contributed by atoms with Crippen LogP contribution in [0.25, 0.3) is 0 Å². The number of benzene rings is 1. The topological polar surface area (TPSA) is 24.9 Å². The highest BCUT2D eigenvalue weighted by molar-refractivity contribution is 5.42. The number of ether oxygens (including phenoxy) is 2. The summed E-state index contributed by atoms with van der Waals surface area (Å²) in [6.45, 7) is 7.41. The highest BCUT2D eigenvalue weighted by Crippen LogP contribution is 2.44. The molecular formula is C21H30N2O2. The largest absolute Gasteiger partial charge is 0.487 e. The molecule has 4 heteroatoms. The molecule has 0 aromatic heterocycles. The molecule has 3 fully saturated rings. The van der Waals surface area contributed by atoms with Crippen LogP contribution >= 0.6 is 0 Å². The Balaban J connectivity index is 1.28. The fraction of sp³-hybridized carbons (Fsp3) is 0.714. The molecule has 0 saturated carbocycles. The van der Waals surface area contributed by atoms with E-state index in [4.69, 9.17) is 9.47 Å². The van der Waals surface area contributed by atoms with Gasteiger partial charge in [-0.3, -0.25) is 4.90 Å². The summed E-state index contributed by atoms with van der Waals surface area (Å²) in [5.41, 5.74) is 2.95. The average molecular weight is 342 g/mol. The molecule has 5 rings (SSSR count). The molecule has 0 unspecified atom stereocenters. The molecule has 0 aliphatic carbocycles. The van der Waals surface area contributed by atoms with Crippen LogP contribution in [0.2, 0.25) is 0 Å². The van der Waals surface area contributed by atoms with Crippen LogP contribution in [0.3, 0.4) is 0 Å². The van der Waals surface area contributed by atoms with Crippen molar-refractivity contribution >= 4 is 0 Å². The van der Waals surface area contributed by atoms with E-state index < -0.39 is 0 Å². The Kier molecular flexibility index (Phi) is 4.23. The maximum atomic E-state index is 6.57. The molecule has 1 aromatic rings. The minimum Gasteiger partial charge on any atom is -0.487 e. The van der Waals surface area contributed by atoms with E-state index >= 15 is 0 Å². The number of morpholine rings is 1. The molecule has 4 aliphatic rings. The van der Waals surface area contributed by atoms with Crippen molar-refractivity contribution in [3.63, 3.8) is 0 Å². The Morgan fingerprint density at radius 1 is 1.08 bits per heavy atom. The van der Waals surface area contributed by atoms with E-state index in [-0.39, 0.29) is 5.60 Å². The first-order valence-corrected chi connectivity index (χ1v) is 10.1. The number of hydrogen-bond acceptors (Lipinski definition) is 4. The maximum absolute atomic E-state index is 6.57. The molecular weight excluding hydrogens is 312 g/mol. The Morgan fingerprint density at radius 3 is 2.92 bits per heavy atom. The van der Waals surface area contributed by atoms with Gasteiger partial charge in [0.15, 0.2) is 0 Å². The summed E-state index contributed by atoms with van der Waals surface area (Å²) in [5.74, 6) is 1.15. The number of nitrogens with zero attached hydrogens (tertiary/aromatic N) is 2. The Bertz CT molecular complexity index is 628. The lowest BCUT2D eigenvalue weighted by Gasteiger charge is -2.46. The molecule has 0 amide bonds. The number of fused-ring (bicyclic) bond motifs is 2. The smallest absolute Gasteiger partial charge is 0.123 e. The van der Waals surface area contributed by atoms with Crippen molar-refractivity contribution in [1.29, 1.82) is 0 Å². The van der Waals surface area contributed by atoms with Gasteiger partial charge in [0.05, 0.1) is 13.2 Å². The van der Waals surface area contributed by atoms with Crippen molar-refractivity contribution in [1.82, 2.24) is 9.80 Å². The van der Waals surface area contributed by atoms with Crippen molar-refractivity contribution in [2.45, 2.75) is 56.7 Å². The van der Waals surface area contributed by atoms with Crippen LogP contribution in [0, 0.1) is 0 Å². The van der Waals surface area contributed by atoms with Gasteiger partial charge in [-0.25, -0.2) is 0 Å². The summed E-state index contributed by atoms with van der Waals surface area (Å²) in [5, 5.41) is 0. The second-order valence-electron chi connectivity index (χ2n) is 8.43. The minimum absolute atomic E-state index is 0.0818. The molecule has 0 bridgehead atoms. The van der Waals surface area contributed by atoms with Crippen LogP contribution in [0.1, 0.15) is 43.2 Å². The lowest BCUT2D eigenvalue weighted by atomic mass is 9.80. The molecule has 1 spiro atoms. The van der Waals surface area contributed by atoms with Crippen molar-refractivity contribution in [2.24, 2.45) is 0 Å². The van der Waals surface area contributed by atoms with E-state index in [0.29, 0.717) is 0 Å². The van der Waals surface area contributed by atoms with E-state index in [9.17, 15) is 0 Å². The maximum Gasteiger partial charge on any atom is 0.123 e. The van der Waals surface area contributed by atoms with Gasteiger partial charge in [-0.2, -0.15) is 0 Å². The summed E-state index contributed by atoms with van der Waals surface area (Å²) in [4.78, 5) is 5.21. The second-order valence-corrected chi connectivity index (χ2v) is 8.43. The Morgan fingerprint density at radius 2 is 2.00 bits per heavy atom. The molecule has 4 heterocycles. The van der Waals surface area contributed by atoms with Gasteiger partial charge < -0.3 is 14.4 Å². The van der Waals surface area contributed by atoms with Gasteiger partial charge in [0.1, 0.15) is 11.4 Å². The molecule has 2 atom stereocenters. The monoisotopic (exact) mass is 342 g/mol. The zero-order valence-electron chi connectivity index (χ0n) is 15.2. The SMILES string of the molecule is c1cc2c(cc1CN1CCOCC1)C[C@@]1(CCN3CCCC[C@H]3C1)O2. The highest BCUT2D eigenvalue weighted by Gasteiger charge is 2.46. The summed E-state index contributed by atoms with van der Waals surface area (Å²) in [6, 6.07) is 7.66. The van der Waals surface area contributed by atoms with Crippen LogP contribution < -0.4 is 4.74 Å². The third-order valence-corrected chi connectivity index (χ3v) is 6.69. The second kappa shape index (κ2) is 6.57. The average Bonchev–Trinajstić information content (AvgIpc) is 2.99. The van der Waals surface area contributed by atoms with Gasteiger partial charge in [0.25, 0.3) is 0 Å². The van der Waals surface area contributed by atoms with Gasteiger partial charge >= 0.3 is 0 Å². The van der Waals surface area contributed by atoms with E-state index in [1.165, 1.54) is 56.3 Å². The van der Waals surface area contributed by atoms with Crippen LogP contribution in [0.4, 0.5) is 0 Å². The van der Waals surface area contributed by atoms with Gasteiger partial charge in [-0.15, -0.1) is 0 Å². The summed E-state index contributed by atoms with van der Waals surface area (Å²) in [7, 11) is 0. The molecule has 1 aromatic carbocycles. The van der Waals surface area contributed by atoms with E-state index in [0.717, 1.165) is 51.1 Å². The lowest BCUT2D eigenvalue weighted by Crippen LogP contribution is -2.54. The molecule has 25 heavy (non-hydrogen) atoms. The molecule has 0 radical (unpaired) electrons. The lowest BCUT2D eigenvalue weighted by molar-refractivity contribution is -0.0249. The molecule has 3 saturated heterocycles. The van der Waals surface area contributed by atoms with Crippen molar-refractivity contribution < 1.29 is 9.47 Å². The molecule has 136 valence electrons. The van der Waals surface area contributed by atoms with E-state index in [1.807, 2.05) is 0 Å². The molecule has 4 aliphatic heterocycles. The van der Waals surface area contributed by atoms with Crippen molar-refractivity contribution in [3.8, 4) is 5.75 Å². The van der Waals surface area contributed by atoms with E-state index in [2.05, 4.69) is 28.0 Å². The molecule has 0 N–H and O–H groups in total. The van der Waals surface area contributed by atoms with Crippen LogP contribution in [0.5, 0.6) is 5.75 Å². The fourth-order valence-corrected chi connectivity index (χ4v) is 5.32. The number of piperidine rings is 2. The Labute approximate surface area is 151 Å². The van der Waals surface area contributed by atoms with Crippen LogP contribution in [0.15, 0.2) is 18.2 Å². The Hall–Kier alpha value is -1.10. The van der Waals surface area contributed by atoms with Crippen molar-refractivity contribution in [2.75, 3.05) is 39.4 Å². The minimum atomic E-state index is 0.0818. The number of hydrogen-bond donors (Lipinski definition) is 0. The summed E-state index contributed by atoms with van der Waals surface area (Å²) < 4.78 is 12.0. The van der Waals surface area contributed by atoms with Crippen LogP contribution in [-0.4, -0.2) is 60.8 Å². The van der Waals surface area contributed by atoms with Gasteiger partial charge in [-0.05, 0) is 36.6 Å². The summed E-state index contributed by atoms with van der Waals surface area (Å²) in [6.07, 6.45) is 7.67. The zero-order chi connectivity index (χ0) is 16.7. The predicted molar refractivity (Wildman–Crippen MR) is 98.0 cm³/mol. The zero-order valence-corrected chi connectivity index (χ0v) is 15.2. The van der Waals surface area contributed by atoms with E-state index in [1.54, 1.807) is 0 Å². The van der Waals surface area contributed by atoms with Gasteiger partial charge in [-0.1, -0.05) is 18.6 Å². The first-order chi connectivity index (χ1) is 12.3. The predicted octanol–water partition coefficient (Wildman–Crippen LogP) is 2.84. The standard InChI is InChI=1S/C21H30N2O2/c1-2-7-23-8-6-21(15-19(23)3-1)14-18-13-17(4-5-20(18)25-21)16-22-9-11-24-12-10-22/h4-5,13,19H,1-3,6-12,14-16H2/t19-,21+/m0/s1. The summed E-state index contributed by atoms with van der Waals surface area (Å²) >= 11 is 0. The third-order valence-electron chi connectivity index (χ3n) is 6.69. The first kappa shape index (κ1) is 16.1. The fourth-order valence-electron chi connectivity index (χ4n) is 5.32. The number of rotatable bonds is 2.